The van der Waals surface area contributed by atoms with Crippen LogP contribution in [0.2, 0.25) is 5.02 Å². The summed E-state index contributed by atoms with van der Waals surface area (Å²) in [7, 11) is -13.3. The molecule has 3 aromatic carbocycles. The Balaban J connectivity index is 1.30. The van der Waals surface area contributed by atoms with E-state index in [1.165, 1.54) is 26.8 Å². The van der Waals surface area contributed by atoms with Gasteiger partial charge in [0.2, 0.25) is 15.9 Å². The highest BCUT2D eigenvalue weighted by Gasteiger charge is 2.68. The Morgan fingerprint density at radius 1 is 0.865 bits per heavy atom. The molecule has 96 heavy (non-hydrogen) atoms. The van der Waals surface area contributed by atoms with E-state index in [4.69, 9.17) is 29.9 Å². The monoisotopic (exact) mass is 1440 g/mol. The van der Waals surface area contributed by atoms with E-state index in [1.807, 2.05) is 0 Å². The Hall–Kier alpha value is -7.10. The fourth-order valence-electron chi connectivity index (χ4n) is 11.3. The summed E-state index contributed by atoms with van der Waals surface area (Å²) >= 11 is 6.90. The van der Waals surface area contributed by atoms with E-state index in [0.717, 1.165) is 42.7 Å². The number of amides is 1. The van der Waals surface area contributed by atoms with Gasteiger partial charge in [-0.15, -0.1) is 0 Å². The number of halogens is 11. The quantitative estimate of drug-likeness (QED) is 0.0257. The molecular formula is C63H69ClF10N7O12PS2. The summed E-state index contributed by atoms with van der Waals surface area (Å²) in [6.07, 6.45) is -12.5. The zero-order valence-electron chi connectivity index (χ0n) is 54.1. The molecule has 4 atom stereocenters. The van der Waals surface area contributed by atoms with Crippen molar-refractivity contribution in [2.75, 3.05) is 23.4 Å². The number of Topliss-reactive ketones (excluding diaryl/α,β-unsaturated/α-hetero) is 1. The molecule has 33 heteroatoms. The van der Waals surface area contributed by atoms with E-state index in [-0.39, 0.29) is 50.4 Å². The molecule has 3 aromatic heterocycles. The molecule has 0 radical (unpaired) electrons. The number of sulfonamides is 1. The summed E-state index contributed by atoms with van der Waals surface area (Å²) in [5, 5.41) is 9.00. The topological polar surface area (TPSA) is 237 Å². The zero-order chi connectivity index (χ0) is 71.7. The number of hydrogen-bond donors (Lipinski definition) is 1. The molecule has 0 aliphatic heterocycles. The lowest BCUT2D eigenvalue weighted by Crippen LogP contribution is -2.36. The average molecular weight is 1440 g/mol. The number of aromatic nitrogens is 5. The number of phosphoric ester groups is 1. The van der Waals surface area contributed by atoms with Gasteiger partial charge in [-0.25, -0.2) is 39.5 Å². The van der Waals surface area contributed by atoms with Gasteiger partial charge in [-0.3, -0.25) is 32.8 Å². The molecule has 19 nitrogen and oxygen atoms in total. The number of fused-ring (bicyclic) bond motifs is 4. The first-order valence-electron chi connectivity index (χ1n) is 29.8. The first-order chi connectivity index (χ1) is 44.0. The maximum absolute atomic E-state index is 15.8. The van der Waals surface area contributed by atoms with Crippen LogP contribution >= 0.6 is 19.4 Å². The Bertz CT molecular complexity index is 4390. The molecule has 522 valence electrons. The molecule has 0 spiro atoms. The number of hydrogen-bond acceptors (Lipinski definition) is 15. The van der Waals surface area contributed by atoms with Crippen LogP contribution in [0.15, 0.2) is 54.6 Å². The number of pyridine rings is 1. The van der Waals surface area contributed by atoms with Crippen LogP contribution in [-0.2, 0) is 90.6 Å². The molecule has 1 N–H and O–H groups in total. The Morgan fingerprint density at radius 2 is 1.48 bits per heavy atom. The van der Waals surface area contributed by atoms with Gasteiger partial charge in [0.15, 0.2) is 27.1 Å². The van der Waals surface area contributed by atoms with Crippen LogP contribution in [0.4, 0.5) is 49.7 Å². The van der Waals surface area contributed by atoms with Crippen molar-refractivity contribution in [2.24, 2.45) is 5.92 Å². The standard InChI is InChI=1S/C63H69ClF10N7O12PS2/c1-32(2)91-94(85,92-33(3)4)93-48-21-34(5)20-37(26-50(84)90-59(7,8)9)51(48)35(6)22-41(82)29-81(96(13,88)89)58-53-46(64)17-16-43(55(53)80(78-58)31-61(67,68)69)42-15-14-40(18-19-60(10,11)95(12,86)87)75-54(42)47(25-36-23-38(65)27-39(66)24-36)76-49(83)30-79-57-52(56(77-79)63(72,73)74)44-28-45(44)62(57,70)71/h14-17,20-21,23-24,27,32-33,35,44-45,47H,22,25-26,28-31H2,1-13H3,(H,76,83)/t35?,44-,45+,47-/m0/s1. The molecule has 8 rings (SSSR count). The van der Waals surface area contributed by atoms with E-state index < -0.39 is 205 Å². The number of phosphoric acid groups is 1. The lowest BCUT2D eigenvalue weighted by atomic mass is 9.88. The number of aryl methyl sites for hydroxylation is 1. The van der Waals surface area contributed by atoms with Crippen LogP contribution in [0.3, 0.4) is 0 Å². The highest BCUT2D eigenvalue weighted by atomic mass is 35.5. The number of rotatable bonds is 24. The number of esters is 1. The average Bonchev–Trinajstić information content (AvgIpc) is 1.52. The smallest absolute Gasteiger partial charge is 0.460 e. The van der Waals surface area contributed by atoms with Crippen molar-refractivity contribution in [1.29, 1.82) is 0 Å². The highest BCUT2D eigenvalue weighted by Crippen LogP contribution is 2.68. The predicted octanol–water partition coefficient (Wildman–Crippen LogP) is 13.3. The molecule has 0 saturated heterocycles. The molecule has 3 heterocycles. The van der Waals surface area contributed by atoms with E-state index >= 15 is 30.7 Å². The van der Waals surface area contributed by atoms with Crippen LogP contribution in [-0.4, -0.2) is 107 Å². The number of alkyl halides is 8. The van der Waals surface area contributed by atoms with Crippen LogP contribution in [0.1, 0.15) is 151 Å². The molecule has 1 fully saturated rings. The molecule has 6 aromatic rings. The van der Waals surface area contributed by atoms with Crippen LogP contribution in [0.25, 0.3) is 22.0 Å². The Morgan fingerprint density at radius 3 is 2.04 bits per heavy atom. The van der Waals surface area contributed by atoms with E-state index in [2.05, 4.69) is 32.3 Å². The second-order valence-electron chi connectivity index (χ2n) is 25.9. The van der Waals surface area contributed by atoms with Gasteiger partial charge >= 0.3 is 26.1 Å². The third-order valence-corrected chi connectivity index (χ3v) is 20.5. The van der Waals surface area contributed by atoms with Crippen LogP contribution in [0, 0.1) is 36.3 Å². The van der Waals surface area contributed by atoms with Crippen molar-refractivity contribution >= 4 is 73.7 Å². The van der Waals surface area contributed by atoms with E-state index in [0.29, 0.717) is 26.9 Å². The Labute approximate surface area is 552 Å². The third kappa shape index (κ3) is 17.2. The van der Waals surface area contributed by atoms with Crippen molar-refractivity contribution in [3.63, 3.8) is 0 Å². The summed E-state index contributed by atoms with van der Waals surface area (Å²) in [6.45, 7) is 12.2. The number of benzene rings is 3. The van der Waals surface area contributed by atoms with Gasteiger partial charge in [0, 0.05) is 46.9 Å². The zero-order valence-corrected chi connectivity index (χ0v) is 57.4. The number of carbonyl (C=O) groups is 3. The number of carbonyl (C=O) groups excluding carboxylic acids is 3. The molecular weight excluding hydrogens is 1370 g/mol. The van der Waals surface area contributed by atoms with Gasteiger partial charge in [-0.05, 0) is 153 Å². The van der Waals surface area contributed by atoms with Crippen molar-refractivity contribution in [3.05, 3.63) is 122 Å². The van der Waals surface area contributed by atoms with Gasteiger partial charge in [0.25, 0.3) is 5.92 Å². The minimum atomic E-state index is -5.26. The first-order valence-corrected chi connectivity index (χ1v) is 35.3. The van der Waals surface area contributed by atoms with Gasteiger partial charge in [-0.1, -0.05) is 36.6 Å². The predicted molar refractivity (Wildman–Crippen MR) is 334 cm³/mol. The van der Waals surface area contributed by atoms with E-state index in [9.17, 15) is 49.0 Å². The first kappa shape index (κ1) is 74.7. The number of ether oxygens (including phenoxy) is 1. The summed E-state index contributed by atoms with van der Waals surface area (Å²) in [6, 6.07) is 7.77. The summed E-state index contributed by atoms with van der Waals surface area (Å²) in [4.78, 5) is 47.3. The maximum Gasteiger partial charge on any atom is 0.530 e. The largest absolute Gasteiger partial charge is 0.530 e. The van der Waals surface area contributed by atoms with Crippen molar-refractivity contribution in [2.45, 2.75) is 174 Å². The summed E-state index contributed by atoms with van der Waals surface area (Å²) < 4.78 is 241. The maximum atomic E-state index is 15.8. The van der Waals surface area contributed by atoms with Gasteiger partial charge in [0.05, 0.1) is 59.1 Å². The number of nitrogens with zero attached hydrogens (tertiary/aromatic N) is 6. The van der Waals surface area contributed by atoms with Gasteiger partial charge in [0.1, 0.15) is 52.2 Å². The molecule has 1 amide bonds. The second kappa shape index (κ2) is 27.0. The van der Waals surface area contributed by atoms with Crippen molar-refractivity contribution < 1.29 is 98.0 Å². The minimum absolute atomic E-state index is 0.106. The normalized spacial score (nSPS) is 16.4. The SMILES string of the molecule is Cc1cc(CC(=O)OC(C)(C)C)c(C(C)CC(=O)CN(c2nn(CC(F)(F)F)c3c(-c4ccc(C#CC(C)(C)S(C)(=O)=O)nc4[C@H](Cc4cc(F)cc(F)c4)NC(=O)Cn4nc(C(F)(F)F)c5c4C(F)(F)[C@@H]4C[C@H]54)ccc(Cl)c23)S(C)(=O)=O)c(OP(=O)(OC(C)C)OC(C)C)c1. The molecule has 2 aliphatic rings. The number of nitrogens with one attached hydrogen (secondary N) is 1. The van der Waals surface area contributed by atoms with Crippen molar-refractivity contribution in [1.82, 2.24) is 29.9 Å². The highest BCUT2D eigenvalue weighted by molar-refractivity contribution is 7.92. The molecule has 2 aliphatic carbocycles. The lowest BCUT2D eigenvalue weighted by molar-refractivity contribution is -0.154. The number of anilines is 1. The van der Waals surface area contributed by atoms with Crippen molar-refractivity contribution in [3.8, 4) is 28.7 Å². The molecule has 1 unspecified atom stereocenters. The summed E-state index contributed by atoms with van der Waals surface area (Å²) in [5.74, 6) is -8.94. The van der Waals surface area contributed by atoms with Gasteiger partial charge in [-0.2, -0.15) is 45.3 Å². The molecule has 0 bridgehead atoms. The van der Waals surface area contributed by atoms with Crippen LogP contribution < -0.4 is 14.1 Å². The Kier molecular flexibility index (Phi) is 21.0. The third-order valence-electron chi connectivity index (χ3n) is 15.3. The second-order valence-corrected chi connectivity index (χ2v) is 32.3. The van der Waals surface area contributed by atoms with E-state index in [1.54, 1.807) is 61.5 Å². The number of sulfone groups is 1. The minimum Gasteiger partial charge on any atom is -0.460 e. The summed E-state index contributed by atoms with van der Waals surface area (Å²) in [5.41, 5.74) is -6.25. The number of ketones is 1. The lowest BCUT2D eigenvalue weighted by Gasteiger charge is -2.27. The fraction of sp³-hybridized carbons (Fsp3) is 0.492. The van der Waals surface area contributed by atoms with Crippen LogP contribution in [0.5, 0.6) is 5.75 Å². The molecule has 1 saturated carbocycles. The fourth-order valence-corrected chi connectivity index (χ4v) is 14.2. The van der Waals surface area contributed by atoms with Gasteiger partial charge < -0.3 is 14.6 Å².